The molecule has 98 valence electrons. The predicted molar refractivity (Wildman–Crippen MR) is 70.9 cm³/mol. The summed E-state index contributed by atoms with van der Waals surface area (Å²) in [7, 11) is 0. The molecule has 0 aromatic carbocycles. The van der Waals surface area contributed by atoms with E-state index in [-0.39, 0.29) is 17.3 Å². The van der Waals surface area contributed by atoms with Crippen molar-refractivity contribution >= 4 is 22.1 Å². The molecule has 2 aromatic heterocycles. The summed E-state index contributed by atoms with van der Waals surface area (Å²) >= 11 is 1.38. The zero-order valence-electron chi connectivity index (χ0n) is 10.6. The van der Waals surface area contributed by atoms with E-state index in [9.17, 15) is 10.1 Å². The Morgan fingerprint density at radius 2 is 2.28 bits per heavy atom. The second-order valence-electron chi connectivity index (χ2n) is 5.37. The van der Waals surface area contributed by atoms with Crippen LogP contribution in [0.25, 0.3) is 4.96 Å². The van der Waals surface area contributed by atoms with Gasteiger partial charge in [0.2, 0.25) is 0 Å². The quantitative estimate of drug-likeness (QED) is 0.683. The van der Waals surface area contributed by atoms with Crippen molar-refractivity contribution in [3.05, 3.63) is 27.4 Å². The minimum absolute atomic E-state index is 0.0333. The van der Waals surface area contributed by atoms with Gasteiger partial charge in [0.1, 0.15) is 11.9 Å². The number of rotatable bonds is 3. The highest BCUT2D eigenvalue weighted by molar-refractivity contribution is 7.15. The number of nitrogens with two attached hydrogens (primary N) is 1. The number of aromatic nitrogens is 2. The van der Waals surface area contributed by atoms with E-state index in [2.05, 4.69) is 4.98 Å². The number of hydrogen-bond acceptors (Lipinski definition) is 5. The molecular formula is C11H16N4O2S. The lowest BCUT2D eigenvalue weighted by Crippen LogP contribution is -2.37. The highest BCUT2D eigenvalue weighted by Crippen LogP contribution is 2.28. The number of fused-ring (bicyclic) bond motifs is 1. The monoisotopic (exact) mass is 268 g/mol. The van der Waals surface area contributed by atoms with Crippen LogP contribution in [0, 0.1) is 15.5 Å². The van der Waals surface area contributed by atoms with Crippen LogP contribution in [-0.4, -0.2) is 20.3 Å². The van der Waals surface area contributed by atoms with Crippen LogP contribution in [0.2, 0.25) is 0 Å². The molecule has 18 heavy (non-hydrogen) atoms. The largest absolute Gasteiger partial charge is 0.358 e. The van der Waals surface area contributed by atoms with Gasteiger partial charge in [-0.15, -0.1) is 0 Å². The van der Waals surface area contributed by atoms with Crippen LogP contribution in [0.5, 0.6) is 0 Å². The molecule has 2 aromatic rings. The molecule has 0 radical (unpaired) electrons. The third-order valence-electron chi connectivity index (χ3n) is 3.00. The predicted octanol–water partition coefficient (Wildman–Crippen LogP) is 2.22. The number of hydrogen-bond donors (Lipinski definition) is 1. The fourth-order valence-electron chi connectivity index (χ4n) is 1.66. The second-order valence-corrected chi connectivity index (χ2v) is 6.24. The van der Waals surface area contributed by atoms with E-state index in [1.165, 1.54) is 15.7 Å². The van der Waals surface area contributed by atoms with Crippen LogP contribution in [-0.2, 0) is 6.42 Å². The maximum absolute atomic E-state index is 11.1. The van der Waals surface area contributed by atoms with Crippen molar-refractivity contribution in [3.8, 4) is 0 Å². The van der Waals surface area contributed by atoms with Crippen molar-refractivity contribution in [1.29, 1.82) is 0 Å². The zero-order chi connectivity index (χ0) is 13.5. The van der Waals surface area contributed by atoms with Crippen LogP contribution in [0.3, 0.4) is 0 Å². The highest BCUT2D eigenvalue weighted by Gasteiger charge is 2.28. The minimum Gasteiger partial charge on any atom is -0.358 e. The molecule has 1 atom stereocenters. The lowest BCUT2D eigenvalue weighted by Gasteiger charge is -2.26. The van der Waals surface area contributed by atoms with Crippen LogP contribution < -0.4 is 5.73 Å². The van der Waals surface area contributed by atoms with E-state index >= 15 is 0 Å². The van der Waals surface area contributed by atoms with Crippen LogP contribution in [0.4, 0.5) is 5.82 Å². The molecule has 0 aliphatic carbocycles. The van der Waals surface area contributed by atoms with Crippen LogP contribution in [0.15, 0.2) is 11.6 Å². The summed E-state index contributed by atoms with van der Waals surface area (Å²) in [5.74, 6) is 0.0333. The van der Waals surface area contributed by atoms with E-state index in [0.717, 1.165) is 0 Å². The van der Waals surface area contributed by atoms with Gasteiger partial charge < -0.3 is 15.8 Å². The summed E-state index contributed by atoms with van der Waals surface area (Å²) in [4.78, 5) is 15.7. The first-order chi connectivity index (χ1) is 8.30. The number of imidazole rings is 1. The lowest BCUT2D eigenvalue weighted by molar-refractivity contribution is -0.391. The van der Waals surface area contributed by atoms with Crippen LogP contribution >= 0.6 is 11.3 Å². The first-order valence-corrected chi connectivity index (χ1v) is 6.53. The van der Waals surface area contributed by atoms with Gasteiger partial charge in [0.25, 0.3) is 4.96 Å². The fraction of sp³-hybridized carbons (Fsp3) is 0.545. The van der Waals surface area contributed by atoms with Gasteiger partial charge in [0, 0.05) is 17.8 Å². The molecule has 0 aliphatic rings. The van der Waals surface area contributed by atoms with E-state index in [4.69, 9.17) is 5.73 Å². The normalized spacial score (nSPS) is 14.0. The van der Waals surface area contributed by atoms with Gasteiger partial charge in [-0.25, -0.2) is 0 Å². The average molecular weight is 268 g/mol. The average Bonchev–Trinajstić information content (AvgIpc) is 2.74. The topological polar surface area (TPSA) is 86.5 Å². The van der Waals surface area contributed by atoms with Gasteiger partial charge in [-0.3, -0.25) is 0 Å². The van der Waals surface area contributed by atoms with Gasteiger partial charge >= 0.3 is 5.82 Å². The van der Waals surface area contributed by atoms with E-state index < -0.39 is 4.92 Å². The maximum Gasteiger partial charge on any atom is 0.351 e. The van der Waals surface area contributed by atoms with Gasteiger partial charge in [0.05, 0.1) is 0 Å². The molecule has 0 aliphatic heterocycles. The lowest BCUT2D eigenvalue weighted by atomic mass is 9.85. The zero-order valence-corrected chi connectivity index (χ0v) is 11.4. The van der Waals surface area contributed by atoms with Crippen molar-refractivity contribution in [2.24, 2.45) is 11.1 Å². The Bertz CT molecular complexity index is 581. The van der Waals surface area contributed by atoms with Crippen molar-refractivity contribution in [2.75, 3.05) is 0 Å². The van der Waals surface area contributed by atoms with Crippen molar-refractivity contribution < 1.29 is 4.92 Å². The van der Waals surface area contributed by atoms with E-state index in [1.807, 2.05) is 20.8 Å². The Kier molecular flexibility index (Phi) is 3.12. The Morgan fingerprint density at radius 1 is 1.61 bits per heavy atom. The molecule has 1 unspecified atom stereocenters. The third-order valence-corrected chi connectivity index (χ3v) is 3.76. The van der Waals surface area contributed by atoms with Gasteiger partial charge in [-0.1, -0.05) is 32.1 Å². The van der Waals surface area contributed by atoms with Gasteiger partial charge in [-0.05, 0) is 10.3 Å². The van der Waals surface area contributed by atoms with Crippen LogP contribution in [0.1, 0.15) is 26.5 Å². The Balaban J connectivity index is 2.41. The van der Waals surface area contributed by atoms with E-state index in [0.29, 0.717) is 17.1 Å². The molecule has 0 bridgehead atoms. The van der Waals surface area contributed by atoms with E-state index in [1.54, 1.807) is 11.6 Å². The Hall–Kier alpha value is -1.47. The molecule has 0 fully saturated rings. The summed E-state index contributed by atoms with van der Waals surface area (Å²) in [5, 5.41) is 12.9. The SMILES string of the molecule is CC(C)(C)C(N)Cc1nc2sccn2c1[N+](=O)[O-]. The molecule has 2 heterocycles. The third kappa shape index (κ3) is 2.23. The van der Waals surface area contributed by atoms with Crippen molar-refractivity contribution in [1.82, 2.24) is 9.38 Å². The molecule has 0 amide bonds. The van der Waals surface area contributed by atoms with Gasteiger partial charge in [-0.2, -0.15) is 9.38 Å². The summed E-state index contributed by atoms with van der Waals surface area (Å²) in [6, 6.07) is -0.166. The Morgan fingerprint density at radius 3 is 2.83 bits per heavy atom. The summed E-state index contributed by atoms with van der Waals surface area (Å²) in [6.45, 7) is 6.05. The highest BCUT2D eigenvalue weighted by atomic mass is 32.1. The molecule has 0 spiro atoms. The van der Waals surface area contributed by atoms with Gasteiger partial charge in [0.15, 0.2) is 0 Å². The summed E-state index contributed by atoms with van der Waals surface area (Å²) in [5.41, 5.74) is 6.43. The minimum atomic E-state index is -0.391. The molecule has 0 saturated carbocycles. The summed E-state index contributed by atoms with van der Waals surface area (Å²) < 4.78 is 1.51. The first kappa shape index (κ1) is 13.0. The molecule has 0 saturated heterocycles. The number of nitrogens with zero attached hydrogens (tertiary/aromatic N) is 3. The van der Waals surface area contributed by atoms with Crippen molar-refractivity contribution in [3.63, 3.8) is 0 Å². The maximum atomic E-state index is 11.1. The number of thiazole rings is 1. The molecule has 2 rings (SSSR count). The molecule has 6 nitrogen and oxygen atoms in total. The molecule has 2 N–H and O–H groups in total. The smallest absolute Gasteiger partial charge is 0.351 e. The standard InChI is InChI=1S/C11H16N4O2S/c1-11(2,3)8(12)6-7-9(15(16)17)14-4-5-18-10(14)13-7/h4-5,8H,6,12H2,1-3H3. The second kappa shape index (κ2) is 4.33. The first-order valence-electron chi connectivity index (χ1n) is 5.65. The number of nitro groups is 1. The molecular weight excluding hydrogens is 252 g/mol. The Labute approximate surface area is 109 Å². The summed E-state index contributed by atoms with van der Waals surface area (Å²) in [6.07, 6.45) is 2.07. The fourth-order valence-corrected chi connectivity index (χ4v) is 2.39. The molecule has 7 heteroatoms. The van der Waals surface area contributed by atoms with Crippen molar-refractivity contribution in [2.45, 2.75) is 33.2 Å².